The van der Waals surface area contributed by atoms with E-state index in [-0.39, 0.29) is 0 Å². The molecule has 3 aliphatic rings. The molecule has 0 aromatic heterocycles. The Labute approximate surface area is 227 Å². The third-order valence-electron chi connectivity index (χ3n) is 9.00. The Morgan fingerprint density at radius 3 is 0.917 bits per heavy atom. The van der Waals surface area contributed by atoms with Crippen LogP contribution >= 0.6 is 0 Å². The summed E-state index contributed by atoms with van der Waals surface area (Å²) in [5, 5.41) is 0. The molecule has 0 amide bonds. The molecule has 0 atom stereocenters. The van der Waals surface area contributed by atoms with Gasteiger partial charge in [0.2, 0.25) is 0 Å². The van der Waals surface area contributed by atoms with Crippen molar-refractivity contribution in [2.24, 2.45) is 0 Å². The van der Waals surface area contributed by atoms with Gasteiger partial charge < -0.3 is 0 Å². The van der Waals surface area contributed by atoms with Gasteiger partial charge in [-0.2, -0.15) is 0 Å². The molecule has 0 unspecified atom stereocenters. The summed E-state index contributed by atoms with van der Waals surface area (Å²) >= 11 is -3.53. The second kappa shape index (κ2) is 8.51. The monoisotopic (exact) mass is 637 g/mol. The molecule has 3 aromatic carbocycles. The van der Waals surface area contributed by atoms with Crippen LogP contribution in [0.1, 0.15) is 16.7 Å². The Balaban J connectivity index is 1.86. The average Bonchev–Trinajstić information content (AvgIpc) is 2.75. The van der Waals surface area contributed by atoms with Gasteiger partial charge in [-0.15, -0.1) is 0 Å². The number of rotatable bonds is 3. The molecule has 0 spiro atoms. The van der Waals surface area contributed by atoms with Gasteiger partial charge in [0.25, 0.3) is 0 Å². The molecule has 0 N–H and O–H groups in total. The van der Waals surface area contributed by atoms with Crippen LogP contribution in [-0.4, -0.2) is 43.9 Å². The standard InChI is InChI=1S/C28H40N3Si3.CH3.Sn/c1-22-10-16-25(17-11-22)29-32(4,5)28(33(6,7)30-26-18-12-23(2)13-19-26)34(8,9)31-27-20-14-24(3)15-21-27;;/h10-21,28H,1-9H3;1H3;/q-3;;+3. The Bertz CT molecular complexity index is 1110. The van der Waals surface area contributed by atoms with Crippen LogP contribution in [0.2, 0.25) is 49.0 Å². The van der Waals surface area contributed by atoms with Crippen LogP contribution in [0.3, 0.4) is 0 Å². The quantitative estimate of drug-likeness (QED) is 0.269. The van der Waals surface area contributed by atoms with Gasteiger partial charge in [-0.05, 0) is 0 Å². The first-order valence-corrected chi connectivity index (χ1v) is 29.1. The number of benzene rings is 3. The van der Waals surface area contributed by atoms with Gasteiger partial charge >= 0.3 is 229 Å². The Kier molecular flexibility index (Phi) is 6.18. The SMILES string of the molecule is Cc1ccc([N]2[Si](C)(C)C3[Si](C)(C)[N](c4ccc(C)cc4)[Sn]2([CH3])[N](c2ccc(C)cc2)[Si]3(C)C)cc1. The van der Waals surface area contributed by atoms with Crippen LogP contribution < -0.4 is 8.36 Å². The van der Waals surface area contributed by atoms with Crippen molar-refractivity contribution in [1.29, 1.82) is 0 Å². The summed E-state index contributed by atoms with van der Waals surface area (Å²) in [7, 11) is -5.42. The van der Waals surface area contributed by atoms with E-state index in [9.17, 15) is 0 Å². The van der Waals surface area contributed by atoms with Crippen LogP contribution in [0.4, 0.5) is 17.1 Å². The van der Waals surface area contributed by atoms with Crippen molar-refractivity contribution in [2.45, 2.75) is 69.8 Å². The van der Waals surface area contributed by atoms with Crippen molar-refractivity contribution in [1.82, 2.24) is 0 Å². The van der Waals surface area contributed by atoms with E-state index in [2.05, 4.69) is 146 Å². The maximum absolute atomic E-state index is 3.53. The van der Waals surface area contributed by atoms with Gasteiger partial charge in [0.05, 0.1) is 0 Å². The zero-order valence-corrected chi connectivity index (χ0v) is 29.7. The van der Waals surface area contributed by atoms with E-state index >= 15 is 0 Å². The van der Waals surface area contributed by atoms with Crippen LogP contribution in [0.5, 0.6) is 0 Å². The van der Waals surface area contributed by atoms with E-state index in [1.807, 2.05) is 0 Å². The van der Waals surface area contributed by atoms with Crippen molar-refractivity contribution in [3.05, 3.63) is 89.5 Å². The van der Waals surface area contributed by atoms with E-state index < -0.39 is 43.9 Å². The van der Waals surface area contributed by atoms with Crippen LogP contribution in [0, 0.1) is 20.8 Å². The van der Waals surface area contributed by atoms with Crippen LogP contribution in [-0.2, 0) is 0 Å². The van der Waals surface area contributed by atoms with E-state index in [4.69, 9.17) is 0 Å². The number of aryl methyl sites for hydroxylation is 3. The third kappa shape index (κ3) is 3.61. The Hall–Kier alpha value is -1.49. The number of fused-ring (bicyclic) bond motifs is 3. The number of hydrogen-bond donors (Lipinski definition) is 0. The first-order chi connectivity index (χ1) is 16.7. The maximum atomic E-state index is 3.11. The molecule has 0 radical (unpaired) electrons. The fraction of sp³-hybridized carbons (Fsp3) is 0.379. The molecule has 0 saturated carbocycles. The molecular weight excluding hydrogens is 593 g/mol. The zero-order valence-electron chi connectivity index (χ0n) is 23.8. The molecule has 3 aliphatic heterocycles. The van der Waals surface area contributed by atoms with E-state index in [1.54, 1.807) is 0 Å². The normalized spacial score (nSPS) is 25.8. The third-order valence-corrected chi connectivity index (χ3v) is 63.0. The topological polar surface area (TPSA) is 9.72 Å². The summed E-state index contributed by atoms with van der Waals surface area (Å²) in [5.74, 6) is 0. The first kappa shape index (κ1) is 26.1. The molecule has 3 aromatic rings. The summed E-state index contributed by atoms with van der Waals surface area (Å²) < 4.78 is 9.34. The van der Waals surface area contributed by atoms with Crippen molar-refractivity contribution in [3.8, 4) is 0 Å². The number of anilines is 3. The second-order valence-corrected chi connectivity index (χ2v) is 40.8. The molecule has 36 heavy (non-hydrogen) atoms. The predicted octanol–water partition coefficient (Wildman–Crippen LogP) is 8.09. The minimum absolute atomic E-state index is 0.792. The number of hydrogen-bond acceptors (Lipinski definition) is 3. The predicted molar refractivity (Wildman–Crippen MR) is 169 cm³/mol. The second-order valence-electron chi connectivity index (χ2n) is 12.9. The van der Waals surface area contributed by atoms with Crippen molar-refractivity contribution in [3.63, 3.8) is 0 Å². The summed E-state index contributed by atoms with van der Waals surface area (Å²) in [6.45, 7) is 22.9. The Morgan fingerprint density at radius 1 is 0.472 bits per heavy atom. The summed E-state index contributed by atoms with van der Waals surface area (Å²) in [4.78, 5) is 3.54. The fourth-order valence-corrected chi connectivity index (χ4v) is 89.5. The summed E-state index contributed by atoms with van der Waals surface area (Å²) in [6, 6.07) is 28.5. The fourth-order valence-electron chi connectivity index (χ4n) is 8.73. The summed E-state index contributed by atoms with van der Waals surface area (Å²) in [6.07, 6.45) is 0. The molecule has 3 fully saturated rings. The van der Waals surface area contributed by atoms with E-state index in [1.165, 1.54) is 33.8 Å². The van der Waals surface area contributed by atoms with Gasteiger partial charge in [-0.25, -0.2) is 0 Å². The molecule has 190 valence electrons. The molecule has 3 saturated heterocycles. The molecule has 2 bridgehead atoms. The molecule has 3 nitrogen and oxygen atoms in total. The van der Waals surface area contributed by atoms with Crippen molar-refractivity contribution >= 4 is 61.0 Å². The van der Waals surface area contributed by atoms with Gasteiger partial charge in [0.1, 0.15) is 0 Å². The minimum atomic E-state index is -3.53. The zero-order chi connectivity index (χ0) is 26.3. The molecule has 6 rings (SSSR count). The van der Waals surface area contributed by atoms with E-state index in [0.717, 1.165) is 4.79 Å². The van der Waals surface area contributed by atoms with Gasteiger partial charge in [-0.3, -0.25) is 0 Å². The van der Waals surface area contributed by atoms with E-state index in [0.29, 0.717) is 0 Å². The number of nitrogens with zero attached hydrogens (tertiary/aromatic N) is 3. The van der Waals surface area contributed by atoms with Crippen LogP contribution in [0.15, 0.2) is 72.8 Å². The molecular formula is C29H43N3Si3Sn. The molecule has 0 aliphatic carbocycles. The first-order valence-electron chi connectivity index (χ1n) is 13.3. The van der Waals surface area contributed by atoms with Crippen LogP contribution in [0.25, 0.3) is 0 Å². The average molecular weight is 637 g/mol. The Morgan fingerprint density at radius 2 is 0.694 bits per heavy atom. The summed E-state index contributed by atoms with van der Waals surface area (Å²) in [5.41, 5.74) is 8.42. The van der Waals surface area contributed by atoms with Gasteiger partial charge in [0.15, 0.2) is 0 Å². The molecule has 3 heterocycles. The van der Waals surface area contributed by atoms with Crippen molar-refractivity contribution < 1.29 is 0 Å². The molecule has 7 heteroatoms. The van der Waals surface area contributed by atoms with Crippen molar-refractivity contribution in [2.75, 3.05) is 8.36 Å². The van der Waals surface area contributed by atoms with Gasteiger partial charge in [-0.1, -0.05) is 0 Å². The van der Waals surface area contributed by atoms with Gasteiger partial charge in [0, 0.05) is 0 Å².